The molecule has 1 nitrogen and oxygen atoms in total. The van der Waals surface area contributed by atoms with Crippen LogP contribution in [0.15, 0.2) is 0 Å². The first-order chi connectivity index (χ1) is 5.49. The van der Waals surface area contributed by atoms with Gasteiger partial charge in [-0.1, -0.05) is 27.7 Å². The Morgan fingerprint density at radius 1 is 1.17 bits per heavy atom. The molecule has 74 valence electrons. The lowest BCUT2D eigenvalue weighted by atomic mass is 10.1. The number of hydrogen-bond acceptors (Lipinski definition) is 2. The van der Waals surface area contributed by atoms with E-state index >= 15 is 0 Å². The summed E-state index contributed by atoms with van der Waals surface area (Å²) in [7, 11) is 0. The predicted octanol–water partition coefficient (Wildman–Crippen LogP) is 2.82. The van der Waals surface area contributed by atoms with Gasteiger partial charge < -0.3 is 4.90 Å². The molecule has 0 bridgehead atoms. The van der Waals surface area contributed by atoms with Gasteiger partial charge in [0.25, 0.3) is 0 Å². The third-order valence-electron chi connectivity index (χ3n) is 2.16. The van der Waals surface area contributed by atoms with Crippen molar-refractivity contribution in [2.24, 2.45) is 0 Å². The van der Waals surface area contributed by atoms with Crippen LogP contribution in [0.25, 0.3) is 0 Å². The third-order valence-corrected chi connectivity index (χ3v) is 2.38. The van der Waals surface area contributed by atoms with Gasteiger partial charge in [0.05, 0.1) is 0 Å². The van der Waals surface area contributed by atoms with Crippen LogP contribution in [0.3, 0.4) is 0 Å². The number of nitrogens with zero attached hydrogens (tertiary/aromatic N) is 1. The van der Waals surface area contributed by atoms with E-state index in [4.69, 9.17) is 0 Å². The van der Waals surface area contributed by atoms with Crippen LogP contribution in [0, 0.1) is 0 Å². The highest BCUT2D eigenvalue weighted by atomic mass is 32.1. The Morgan fingerprint density at radius 3 is 2.00 bits per heavy atom. The van der Waals surface area contributed by atoms with Crippen LogP contribution < -0.4 is 0 Å². The van der Waals surface area contributed by atoms with Gasteiger partial charge in [-0.2, -0.15) is 12.6 Å². The van der Waals surface area contributed by atoms with Gasteiger partial charge in [-0.25, -0.2) is 0 Å². The Kier molecular flexibility index (Phi) is 6.02. The van der Waals surface area contributed by atoms with E-state index in [2.05, 4.69) is 45.2 Å². The summed E-state index contributed by atoms with van der Waals surface area (Å²) in [4.78, 5) is 2.46. The Balaban J connectivity index is 3.41. The lowest BCUT2D eigenvalue weighted by Crippen LogP contribution is -2.25. The predicted molar refractivity (Wildman–Crippen MR) is 60.1 cm³/mol. The molecule has 0 saturated carbocycles. The fourth-order valence-corrected chi connectivity index (χ4v) is 1.43. The van der Waals surface area contributed by atoms with E-state index in [1.54, 1.807) is 0 Å². The molecule has 0 aliphatic rings. The van der Waals surface area contributed by atoms with Crippen molar-refractivity contribution < 1.29 is 0 Å². The van der Waals surface area contributed by atoms with E-state index in [0.717, 1.165) is 0 Å². The smallest absolute Gasteiger partial charge is 0.00736 e. The maximum Gasteiger partial charge on any atom is 0.00736 e. The Bertz CT molecular complexity index is 103. The molecule has 0 aliphatic heterocycles. The van der Waals surface area contributed by atoms with Crippen molar-refractivity contribution >= 4 is 12.6 Å². The summed E-state index contributed by atoms with van der Waals surface area (Å²) in [6.07, 6.45) is 2.46. The van der Waals surface area contributed by atoms with E-state index in [0.29, 0.717) is 0 Å². The van der Waals surface area contributed by atoms with Gasteiger partial charge in [0, 0.05) is 4.75 Å². The van der Waals surface area contributed by atoms with Crippen molar-refractivity contribution in [2.75, 3.05) is 19.6 Å². The molecule has 0 aliphatic carbocycles. The summed E-state index contributed by atoms with van der Waals surface area (Å²) >= 11 is 4.50. The van der Waals surface area contributed by atoms with Crippen molar-refractivity contribution in [3.63, 3.8) is 0 Å². The van der Waals surface area contributed by atoms with Gasteiger partial charge in [0.15, 0.2) is 0 Å². The first-order valence-electron chi connectivity index (χ1n) is 4.94. The summed E-state index contributed by atoms with van der Waals surface area (Å²) in [5.74, 6) is 0. The van der Waals surface area contributed by atoms with E-state index in [1.165, 1.54) is 32.5 Å². The third kappa shape index (κ3) is 6.99. The van der Waals surface area contributed by atoms with Crippen LogP contribution in [0.4, 0.5) is 0 Å². The first-order valence-corrected chi connectivity index (χ1v) is 5.39. The van der Waals surface area contributed by atoms with Crippen LogP contribution in [0.2, 0.25) is 0 Å². The second-order valence-corrected chi connectivity index (χ2v) is 5.15. The molecule has 0 amide bonds. The maximum absolute atomic E-state index is 4.50. The molecule has 0 aromatic rings. The van der Waals surface area contributed by atoms with Crippen LogP contribution >= 0.6 is 12.6 Å². The minimum absolute atomic E-state index is 0.202. The highest BCUT2D eigenvalue weighted by Gasteiger charge is 2.10. The minimum atomic E-state index is 0.202. The molecule has 0 N–H and O–H groups in total. The van der Waals surface area contributed by atoms with Crippen LogP contribution in [-0.2, 0) is 0 Å². The molecular weight excluding hydrogens is 166 g/mol. The zero-order valence-electron chi connectivity index (χ0n) is 8.93. The number of hydrogen-bond donors (Lipinski definition) is 1. The highest BCUT2D eigenvalue weighted by molar-refractivity contribution is 7.81. The summed E-state index contributed by atoms with van der Waals surface area (Å²) in [6, 6.07) is 0. The van der Waals surface area contributed by atoms with Gasteiger partial charge in [-0.15, -0.1) is 0 Å². The molecule has 12 heavy (non-hydrogen) atoms. The van der Waals surface area contributed by atoms with Crippen LogP contribution in [-0.4, -0.2) is 29.3 Å². The molecule has 0 rings (SSSR count). The molecule has 0 unspecified atom stereocenters. The molecule has 0 heterocycles. The van der Waals surface area contributed by atoms with E-state index < -0.39 is 0 Å². The zero-order chi connectivity index (χ0) is 9.61. The Hall–Kier alpha value is 0.310. The molecule has 0 saturated heterocycles. The molecule has 0 spiro atoms. The van der Waals surface area contributed by atoms with Crippen molar-refractivity contribution in [1.82, 2.24) is 4.90 Å². The standard InChI is InChI=1S/C10H23NS/c1-5-11(6-2)9-7-8-10(3,4)12/h12H,5-9H2,1-4H3. The topological polar surface area (TPSA) is 3.24 Å². The summed E-state index contributed by atoms with van der Waals surface area (Å²) in [6.45, 7) is 12.4. The minimum Gasteiger partial charge on any atom is -0.304 e. The van der Waals surface area contributed by atoms with Crippen LogP contribution in [0.1, 0.15) is 40.5 Å². The second kappa shape index (κ2) is 5.87. The quantitative estimate of drug-likeness (QED) is 0.629. The van der Waals surface area contributed by atoms with Crippen LogP contribution in [0.5, 0.6) is 0 Å². The van der Waals surface area contributed by atoms with Gasteiger partial charge in [0.1, 0.15) is 0 Å². The maximum atomic E-state index is 4.50. The van der Waals surface area contributed by atoms with Gasteiger partial charge in [-0.05, 0) is 32.5 Å². The fourth-order valence-electron chi connectivity index (χ4n) is 1.28. The largest absolute Gasteiger partial charge is 0.304 e. The molecule has 0 fully saturated rings. The molecule has 0 atom stereocenters. The number of thiol groups is 1. The molecule has 0 radical (unpaired) electrons. The zero-order valence-corrected chi connectivity index (χ0v) is 9.82. The van der Waals surface area contributed by atoms with Gasteiger partial charge in [-0.3, -0.25) is 0 Å². The average Bonchev–Trinajstić information content (AvgIpc) is 1.96. The first kappa shape index (κ1) is 12.3. The molecular formula is C10H23NS. The molecule has 2 heteroatoms. The van der Waals surface area contributed by atoms with E-state index in [9.17, 15) is 0 Å². The summed E-state index contributed by atoms with van der Waals surface area (Å²) in [5.41, 5.74) is 0. The normalized spacial score (nSPS) is 12.5. The van der Waals surface area contributed by atoms with E-state index in [-0.39, 0.29) is 4.75 Å². The fraction of sp³-hybridized carbons (Fsp3) is 1.00. The summed E-state index contributed by atoms with van der Waals surface area (Å²) < 4.78 is 0.202. The Labute approximate surface area is 82.9 Å². The lowest BCUT2D eigenvalue weighted by Gasteiger charge is -2.21. The average molecular weight is 189 g/mol. The number of rotatable bonds is 6. The monoisotopic (exact) mass is 189 g/mol. The summed E-state index contributed by atoms with van der Waals surface area (Å²) in [5, 5.41) is 0. The van der Waals surface area contributed by atoms with Crippen molar-refractivity contribution in [3.8, 4) is 0 Å². The van der Waals surface area contributed by atoms with Gasteiger partial charge in [0.2, 0.25) is 0 Å². The highest BCUT2D eigenvalue weighted by Crippen LogP contribution is 2.18. The second-order valence-electron chi connectivity index (χ2n) is 3.94. The van der Waals surface area contributed by atoms with Gasteiger partial charge >= 0.3 is 0 Å². The molecule has 0 aromatic heterocycles. The van der Waals surface area contributed by atoms with E-state index in [1.807, 2.05) is 0 Å². The van der Waals surface area contributed by atoms with Crippen molar-refractivity contribution in [1.29, 1.82) is 0 Å². The van der Waals surface area contributed by atoms with Crippen molar-refractivity contribution in [2.45, 2.75) is 45.3 Å². The van der Waals surface area contributed by atoms with Crippen molar-refractivity contribution in [3.05, 3.63) is 0 Å². The molecule has 0 aromatic carbocycles. The Morgan fingerprint density at radius 2 is 1.67 bits per heavy atom. The SMILES string of the molecule is CCN(CC)CCCC(C)(C)S. The lowest BCUT2D eigenvalue weighted by molar-refractivity contribution is 0.293.